The minimum atomic E-state index is -0.542. The zero-order chi connectivity index (χ0) is 38.6. The van der Waals surface area contributed by atoms with Gasteiger partial charge in [0.25, 0.3) is 0 Å². The van der Waals surface area contributed by atoms with Crippen LogP contribution in [0.4, 0.5) is 15.3 Å². The van der Waals surface area contributed by atoms with E-state index in [1.807, 2.05) is 79.7 Å². The van der Waals surface area contributed by atoms with Gasteiger partial charge in [-0.3, -0.25) is 0 Å². The average molecular weight is 748 g/mol. The van der Waals surface area contributed by atoms with Gasteiger partial charge in [-0.1, -0.05) is 0 Å². The summed E-state index contributed by atoms with van der Waals surface area (Å²) in [5, 5.41) is 3.33. The number of aromatic nitrogens is 2. The van der Waals surface area contributed by atoms with Crippen molar-refractivity contribution in [2.75, 3.05) is 73.9 Å². The molecule has 0 spiro atoms. The first kappa shape index (κ1) is 36.6. The minimum Gasteiger partial charge on any atom is -0.497 e. The van der Waals surface area contributed by atoms with Crippen LogP contribution in [0, 0.1) is 0 Å². The van der Waals surface area contributed by atoms with Crippen molar-refractivity contribution in [2.24, 2.45) is 0 Å². The third-order valence-corrected chi connectivity index (χ3v) is 9.26. The summed E-state index contributed by atoms with van der Waals surface area (Å²) in [6.07, 6.45) is -1.08. The molecule has 13 heteroatoms. The van der Waals surface area contributed by atoms with E-state index in [1.165, 1.54) is 9.13 Å². The molecule has 0 radical (unpaired) electrons. The molecular formula is C42H41N3O10. The van der Waals surface area contributed by atoms with Gasteiger partial charge in [-0.05, 0) is 72.8 Å². The Balaban J connectivity index is 0.992. The summed E-state index contributed by atoms with van der Waals surface area (Å²) in [5.41, 5.74) is 3.54. The Morgan fingerprint density at radius 2 is 0.782 bits per heavy atom. The van der Waals surface area contributed by atoms with Crippen LogP contribution in [0.5, 0.6) is 34.5 Å². The zero-order valence-corrected chi connectivity index (χ0v) is 31.4. The molecule has 284 valence electrons. The summed E-state index contributed by atoms with van der Waals surface area (Å²) in [7, 11) is 10.2. The number of carbonyl (C=O) groups excluding carboxylic acids is 2. The Hall–Kier alpha value is -6.76. The van der Waals surface area contributed by atoms with Crippen LogP contribution in [0.1, 0.15) is 0 Å². The minimum absolute atomic E-state index is 0.00698. The summed E-state index contributed by atoms with van der Waals surface area (Å²) in [6, 6.07) is 27.5. The van der Waals surface area contributed by atoms with Crippen molar-refractivity contribution in [2.45, 2.75) is 0 Å². The molecule has 2 aromatic heterocycles. The smallest absolute Gasteiger partial charge is 0.419 e. The summed E-state index contributed by atoms with van der Waals surface area (Å²) < 4.78 is 48.2. The summed E-state index contributed by atoms with van der Waals surface area (Å²) in [6.45, 7) is 0.171. The first-order chi connectivity index (χ1) is 26.7. The Bertz CT molecular complexity index is 2250. The van der Waals surface area contributed by atoms with Crippen LogP contribution in [-0.2, 0) is 9.47 Å². The number of methoxy groups -OCH3 is 4. The van der Waals surface area contributed by atoms with E-state index in [2.05, 4.69) is 0 Å². The van der Waals surface area contributed by atoms with Gasteiger partial charge in [0.15, 0.2) is 0 Å². The third-order valence-electron chi connectivity index (χ3n) is 9.26. The molecular weight excluding hydrogens is 706 g/mol. The second-order valence-corrected chi connectivity index (χ2v) is 12.7. The van der Waals surface area contributed by atoms with E-state index in [4.69, 9.17) is 37.9 Å². The Labute approximate surface area is 316 Å². The van der Waals surface area contributed by atoms with Crippen LogP contribution in [0.3, 0.4) is 0 Å². The first-order valence-electron chi connectivity index (χ1n) is 17.5. The molecule has 13 nitrogen and oxygen atoms in total. The lowest BCUT2D eigenvalue weighted by molar-refractivity contribution is 0.126. The molecule has 0 unspecified atom stereocenters. The maximum Gasteiger partial charge on any atom is 0.419 e. The number of carbonyl (C=O) groups is 2. The highest BCUT2D eigenvalue weighted by atomic mass is 16.6. The Morgan fingerprint density at radius 3 is 1.07 bits per heavy atom. The largest absolute Gasteiger partial charge is 0.497 e. The number of rotatable bonds is 13. The lowest BCUT2D eigenvalue weighted by Crippen LogP contribution is -2.18. The SMILES string of the molecule is COc1ccc2c(c1)c1cc(OC)ccc1n2C(=O)OCCOc1cc(OCCOC(=O)n2c3ccc(OC)cc3c3cc(OC)ccc32)cc(N(C)C)c1. The molecule has 0 aliphatic rings. The van der Waals surface area contributed by atoms with Crippen LogP contribution < -0.4 is 33.3 Å². The van der Waals surface area contributed by atoms with Crippen molar-refractivity contribution in [1.29, 1.82) is 0 Å². The number of fused-ring (bicyclic) bond motifs is 6. The van der Waals surface area contributed by atoms with Crippen molar-refractivity contribution in [3.63, 3.8) is 0 Å². The van der Waals surface area contributed by atoms with E-state index in [0.717, 1.165) is 27.2 Å². The lowest BCUT2D eigenvalue weighted by atomic mass is 10.1. The average Bonchev–Trinajstić information content (AvgIpc) is 3.71. The highest BCUT2D eigenvalue weighted by Gasteiger charge is 2.20. The highest BCUT2D eigenvalue weighted by molar-refractivity contribution is 6.14. The third kappa shape index (κ3) is 7.28. The number of nitrogens with zero attached hydrogens (tertiary/aromatic N) is 3. The molecule has 5 aromatic carbocycles. The van der Waals surface area contributed by atoms with Crippen LogP contribution in [0.2, 0.25) is 0 Å². The lowest BCUT2D eigenvalue weighted by Gasteiger charge is -2.17. The molecule has 0 aliphatic heterocycles. The quantitative estimate of drug-likeness (QED) is 0.106. The first-order valence-corrected chi connectivity index (χ1v) is 17.5. The fourth-order valence-electron chi connectivity index (χ4n) is 6.55. The zero-order valence-electron chi connectivity index (χ0n) is 31.4. The molecule has 0 fully saturated rings. The van der Waals surface area contributed by atoms with Crippen molar-refractivity contribution < 1.29 is 47.5 Å². The van der Waals surface area contributed by atoms with E-state index in [9.17, 15) is 9.59 Å². The summed E-state index contributed by atoms with van der Waals surface area (Å²) >= 11 is 0. The normalized spacial score (nSPS) is 11.2. The van der Waals surface area contributed by atoms with Gasteiger partial charge in [-0.2, -0.15) is 0 Å². The predicted molar refractivity (Wildman–Crippen MR) is 210 cm³/mol. The Kier molecular flexibility index (Phi) is 10.4. The maximum absolute atomic E-state index is 13.5. The van der Waals surface area contributed by atoms with Crippen LogP contribution >= 0.6 is 0 Å². The monoisotopic (exact) mass is 747 g/mol. The fourth-order valence-corrected chi connectivity index (χ4v) is 6.55. The van der Waals surface area contributed by atoms with Gasteiger partial charge in [-0.25, -0.2) is 18.7 Å². The summed E-state index contributed by atoms with van der Waals surface area (Å²) in [4.78, 5) is 28.8. The van der Waals surface area contributed by atoms with E-state index in [0.29, 0.717) is 56.6 Å². The van der Waals surface area contributed by atoms with Gasteiger partial charge in [0.2, 0.25) is 0 Å². The maximum atomic E-state index is 13.5. The molecule has 0 atom stereocenters. The molecule has 0 aliphatic carbocycles. The van der Waals surface area contributed by atoms with Crippen LogP contribution in [-0.4, -0.2) is 90.3 Å². The molecule has 2 heterocycles. The van der Waals surface area contributed by atoms with E-state index in [-0.39, 0.29) is 26.4 Å². The molecule has 0 amide bonds. The predicted octanol–water partition coefficient (Wildman–Crippen LogP) is 8.13. The van der Waals surface area contributed by atoms with E-state index >= 15 is 0 Å². The van der Waals surface area contributed by atoms with E-state index in [1.54, 1.807) is 58.8 Å². The standard InChI is InChI=1S/C42H41N3O10/c1-43(2)26-19-31(52-15-17-54-41(46)44-37-11-7-27(48-3)22-33(37)34-23-28(49-4)8-12-38(34)44)21-32(20-26)53-16-18-55-42(47)45-39-13-9-29(50-5)24-35(39)36-25-30(51-6)10-14-40(36)45/h7-14,19-25H,15-18H2,1-6H3. The molecule has 0 saturated carbocycles. The van der Waals surface area contributed by atoms with Gasteiger partial charge in [0.05, 0.1) is 50.5 Å². The number of anilines is 1. The number of hydrogen-bond acceptors (Lipinski definition) is 11. The fraction of sp³-hybridized carbons (Fsp3) is 0.238. The van der Waals surface area contributed by atoms with Gasteiger partial charge < -0.3 is 42.8 Å². The molecule has 55 heavy (non-hydrogen) atoms. The Morgan fingerprint density at radius 1 is 0.455 bits per heavy atom. The summed E-state index contributed by atoms with van der Waals surface area (Å²) in [5.74, 6) is 3.71. The number of benzene rings is 5. The van der Waals surface area contributed by atoms with Gasteiger partial charge in [-0.15, -0.1) is 0 Å². The molecule has 0 N–H and O–H groups in total. The van der Waals surface area contributed by atoms with Crippen molar-refractivity contribution in [3.05, 3.63) is 91.0 Å². The second-order valence-electron chi connectivity index (χ2n) is 12.7. The van der Waals surface area contributed by atoms with Crippen molar-refractivity contribution in [3.8, 4) is 34.5 Å². The molecule has 0 bridgehead atoms. The van der Waals surface area contributed by atoms with E-state index < -0.39 is 12.2 Å². The number of hydrogen-bond donors (Lipinski definition) is 0. The second kappa shape index (κ2) is 15.7. The van der Waals surface area contributed by atoms with Gasteiger partial charge in [0.1, 0.15) is 60.9 Å². The van der Waals surface area contributed by atoms with Crippen molar-refractivity contribution >= 4 is 61.5 Å². The van der Waals surface area contributed by atoms with Gasteiger partial charge in [0, 0.05) is 59.5 Å². The van der Waals surface area contributed by atoms with Gasteiger partial charge >= 0.3 is 12.2 Å². The highest BCUT2D eigenvalue weighted by Crippen LogP contribution is 2.36. The van der Waals surface area contributed by atoms with Crippen LogP contribution in [0.15, 0.2) is 91.0 Å². The number of ether oxygens (including phenoxy) is 8. The topological polar surface area (TPSA) is 121 Å². The molecule has 7 aromatic rings. The molecule has 0 saturated heterocycles. The van der Waals surface area contributed by atoms with Crippen molar-refractivity contribution in [1.82, 2.24) is 9.13 Å². The van der Waals surface area contributed by atoms with Crippen LogP contribution in [0.25, 0.3) is 43.6 Å². The molecule has 7 rings (SSSR count).